The van der Waals surface area contributed by atoms with Crippen LogP contribution in [-0.2, 0) is 18.8 Å². The number of benzene rings is 7. The fraction of sp³-hybridized carbons (Fsp3) is 0.0870. The second-order valence-electron chi connectivity index (χ2n) is 13.4. The van der Waals surface area contributed by atoms with Crippen LogP contribution >= 0.6 is 23.5 Å². The normalized spacial score (nSPS) is 13.5. The van der Waals surface area contributed by atoms with E-state index in [1.807, 2.05) is 104 Å². The van der Waals surface area contributed by atoms with Crippen LogP contribution in [0.4, 0.5) is 60.5 Å². The van der Waals surface area contributed by atoms with Gasteiger partial charge in [-0.25, -0.2) is 0 Å². The molecule has 0 aliphatic carbocycles. The number of para-hydroxylation sites is 4. The summed E-state index contributed by atoms with van der Waals surface area (Å²) in [5, 5.41) is 0. The van der Waals surface area contributed by atoms with Crippen molar-refractivity contribution in [1.82, 2.24) is 0 Å². The van der Waals surface area contributed by atoms with Crippen LogP contribution in [0.25, 0.3) is 22.3 Å². The summed E-state index contributed by atoms with van der Waals surface area (Å²) < 4.78 is 83.8. The topological polar surface area (TPSA) is 6.48 Å². The number of fused-ring (bicyclic) bond motifs is 4. The average Bonchev–Trinajstić information content (AvgIpc) is 3.20. The van der Waals surface area contributed by atoms with E-state index < -0.39 is 23.5 Å². The van der Waals surface area contributed by atoms with Gasteiger partial charge in [-0.2, -0.15) is 26.3 Å². The van der Waals surface area contributed by atoms with Crippen molar-refractivity contribution in [3.05, 3.63) is 168 Å². The molecule has 278 valence electrons. The van der Waals surface area contributed by atoms with Gasteiger partial charge in [0.2, 0.25) is 0 Å². The third-order valence-corrected chi connectivity index (χ3v) is 12.4. The maximum absolute atomic E-state index is 14.0. The first-order chi connectivity index (χ1) is 27.0. The minimum Gasteiger partial charge on any atom is -0.308 e. The van der Waals surface area contributed by atoms with Crippen molar-refractivity contribution >= 4 is 57.6 Å². The molecule has 9 rings (SSSR count). The number of hydrogen-bond donors (Lipinski definition) is 0. The molecule has 0 spiro atoms. The average molecular weight is 789 g/mol. The van der Waals surface area contributed by atoms with E-state index in [2.05, 4.69) is 15.9 Å². The smallest absolute Gasteiger partial charge is 0.308 e. The van der Waals surface area contributed by atoms with E-state index >= 15 is 0 Å². The number of rotatable bonds is 5. The third kappa shape index (κ3) is 6.21. The highest BCUT2D eigenvalue weighted by Gasteiger charge is 2.36. The minimum atomic E-state index is -4.54. The number of anilines is 6. The summed E-state index contributed by atoms with van der Waals surface area (Å²) in [5.74, 6) is 0. The van der Waals surface area contributed by atoms with E-state index in [0.29, 0.717) is 28.7 Å². The number of hydrogen-bond acceptors (Lipinski definition) is 4. The van der Waals surface area contributed by atoms with Crippen LogP contribution in [0.1, 0.15) is 23.6 Å². The summed E-state index contributed by atoms with van der Waals surface area (Å²) in [6.45, 7) is 1.98. The van der Waals surface area contributed by atoms with Gasteiger partial charge in [-0.1, -0.05) is 103 Å². The first kappa shape index (κ1) is 36.1. The predicted octanol–water partition coefficient (Wildman–Crippen LogP) is 15.5. The molecule has 10 heteroatoms. The maximum atomic E-state index is 14.0. The summed E-state index contributed by atoms with van der Waals surface area (Å²) in [6, 6.07) is 44.5. The molecule has 0 atom stereocenters. The van der Waals surface area contributed by atoms with Crippen LogP contribution in [0.3, 0.4) is 0 Å². The SMILES string of the molecule is CCc1c(-c2ccc(C(F)(F)F)cc2)c(N2c3ccccc3Sc3ccccc32)cc(N2c3ccccc3Sc3ccccc32)c1-c1ccc(C(F)(F)F)cc1. The molecule has 2 nitrogen and oxygen atoms in total. The molecule has 0 N–H and O–H groups in total. The van der Waals surface area contributed by atoms with Gasteiger partial charge in [0.15, 0.2) is 0 Å². The van der Waals surface area contributed by atoms with E-state index in [1.54, 1.807) is 23.5 Å². The molecular formula is C46H30F6N2S2. The molecule has 0 unspecified atom stereocenters. The zero-order valence-electron chi connectivity index (χ0n) is 29.6. The Kier molecular flexibility index (Phi) is 8.93. The third-order valence-electron chi connectivity index (χ3n) is 10.1. The lowest BCUT2D eigenvalue weighted by molar-refractivity contribution is -0.138. The number of nitrogens with zero attached hydrogens (tertiary/aromatic N) is 2. The Morgan fingerprint density at radius 2 is 0.714 bits per heavy atom. The van der Waals surface area contributed by atoms with Gasteiger partial charge in [0, 0.05) is 30.7 Å². The molecule has 2 heterocycles. The second-order valence-corrected chi connectivity index (χ2v) is 15.6. The Bertz CT molecular complexity index is 2350. The van der Waals surface area contributed by atoms with Crippen molar-refractivity contribution in [1.29, 1.82) is 0 Å². The zero-order chi connectivity index (χ0) is 38.8. The van der Waals surface area contributed by atoms with Crippen molar-refractivity contribution in [3.63, 3.8) is 0 Å². The molecule has 0 amide bonds. The van der Waals surface area contributed by atoms with Gasteiger partial charge in [-0.05, 0) is 102 Å². The van der Waals surface area contributed by atoms with Gasteiger partial charge in [0.05, 0.1) is 45.3 Å². The fourth-order valence-corrected chi connectivity index (χ4v) is 9.75. The summed E-state index contributed by atoms with van der Waals surface area (Å²) >= 11 is 3.28. The minimum absolute atomic E-state index is 0.408. The van der Waals surface area contributed by atoms with Crippen molar-refractivity contribution < 1.29 is 26.3 Å². The van der Waals surface area contributed by atoms with Crippen LogP contribution in [-0.4, -0.2) is 0 Å². The van der Waals surface area contributed by atoms with E-state index in [9.17, 15) is 26.3 Å². The van der Waals surface area contributed by atoms with E-state index in [1.165, 1.54) is 24.3 Å². The molecule has 0 aromatic heterocycles. The highest BCUT2D eigenvalue weighted by Crippen LogP contribution is 2.59. The summed E-state index contributed by atoms with van der Waals surface area (Å²) in [6.07, 6.45) is -8.68. The predicted molar refractivity (Wildman–Crippen MR) is 214 cm³/mol. The fourth-order valence-electron chi connectivity index (χ4n) is 7.64. The first-order valence-electron chi connectivity index (χ1n) is 17.9. The molecule has 7 aromatic carbocycles. The lowest BCUT2D eigenvalue weighted by Crippen LogP contribution is -2.20. The van der Waals surface area contributed by atoms with Crippen molar-refractivity contribution in [3.8, 4) is 22.3 Å². The van der Waals surface area contributed by atoms with Crippen molar-refractivity contribution in [2.24, 2.45) is 0 Å². The van der Waals surface area contributed by atoms with Gasteiger partial charge in [0.1, 0.15) is 0 Å². The Hall–Kier alpha value is -5.58. The van der Waals surface area contributed by atoms with E-state index in [4.69, 9.17) is 0 Å². The number of alkyl halides is 6. The molecule has 0 saturated carbocycles. The second kappa shape index (κ2) is 13.9. The monoisotopic (exact) mass is 788 g/mol. The first-order valence-corrected chi connectivity index (χ1v) is 19.5. The summed E-state index contributed by atoms with van der Waals surface area (Å²) in [4.78, 5) is 8.34. The molecular weight excluding hydrogens is 759 g/mol. The zero-order valence-corrected chi connectivity index (χ0v) is 31.3. The molecule has 0 bridgehead atoms. The van der Waals surface area contributed by atoms with Crippen molar-refractivity contribution in [2.75, 3.05) is 9.80 Å². The Morgan fingerprint density at radius 3 is 1.00 bits per heavy atom. The molecule has 0 fully saturated rings. The lowest BCUT2D eigenvalue weighted by Gasteiger charge is -2.39. The van der Waals surface area contributed by atoms with E-state index in [-0.39, 0.29) is 0 Å². The Balaban J connectivity index is 1.44. The van der Waals surface area contributed by atoms with Crippen LogP contribution in [0, 0.1) is 0 Å². The van der Waals surface area contributed by atoms with Gasteiger partial charge in [0.25, 0.3) is 0 Å². The van der Waals surface area contributed by atoms with Gasteiger partial charge in [-0.3, -0.25) is 0 Å². The summed E-state index contributed by atoms with van der Waals surface area (Å²) in [7, 11) is 0. The standard InChI is InChI=1S/C46H30F6N2S2/c1-2-32-43(28-19-23-30(24-20-28)45(47,48)49)37(53-33-11-3-7-15-39(33)55-40-16-8-4-12-34(40)53)27-38(44(32)29-21-25-31(26-22-29)46(50,51)52)54-35-13-5-9-17-41(35)56-42-18-10-6-14-36(42)54/h3-27H,2H2,1H3. The Labute approximate surface area is 328 Å². The van der Waals surface area contributed by atoms with Crippen LogP contribution in [0.5, 0.6) is 0 Å². The van der Waals surface area contributed by atoms with Crippen molar-refractivity contribution in [2.45, 2.75) is 45.3 Å². The molecule has 56 heavy (non-hydrogen) atoms. The van der Waals surface area contributed by atoms with Crippen LogP contribution in [0.2, 0.25) is 0 Å². The molecule has 0 radical (unpaired) electrons. The highest BCUT2D eigenvalue weighted by molar-refractivity contribution is 8.00. The maximum Gasteiger partial charge on any atom is 0.416 e. The molecule has 2 aliphatic heterocycles. The van der Waals surface area contributed by atoms with Crippen LogP contribution < -0.4 is 9.80 Å². The quantitative estimate of drug-likeness (QED) is 0.160. The molecule has 7 aromatic rings. The molecule has 2 aliphatic rings. The van der Waals surface area contributed by atoms with Crippen LogP contribution in [0.15, 0.2) is 171 Å². The largest absolute Gasteiger partial charge is 0.416 e. The van der Waals surface area contributed by atoms with E-state index in [0.717, 1.165) is 83.5 Å². The lowest BCUT2D eigenvalue weighted by atomic mass is 9.85. The van der Waals surface area contributed by atoms with Gasteiger partial charge >= 0.3 is 12.4 Å². The summed E-state index contributed by atoms with van der Waals surface area (Å²) in [5.41, 5.74) is 6.73. The van der Waals surface area contributed by atoms with Gasteiger partial charge in [-0.15, -0.1) is 0 Å². The number of halogens is 6. The Morgan fingerprint density at radius 1 is 0.411 bits per heavy atom. The molecule has 0 saturated heterocycles. The highest BCUT2D eigenvalue weighted by atomic mass is 32.2. The van der Waals surface area contributed by atoms with Gasteiger partial charge < -0.3 is 9.80 Å².